The summed E-state index contributed by atoms with van der Waals surface area (Å²) < 4.78 is 7.11. The number of ether oxygens (including phenoxy) is 1. The Balaban J connectivity index is 1.24. The first-order chi connectivity index (χ1) is 17.0. The van der Waals surface area contributed by atoms with Gasteiger partial charge in [0.25, 0.3) is 5.91 Å². The lowest BCUT2D eigenvalue weighted by atomic mass is 9.54. The molecule has 2 aliphatic carbocycles. The Bertz CT molecular complexity index is 1400. The van der Waals surface area contributed by atoms with E-state index in [1.54, 1.807) is 25.6 Å². The molecule has 0 atom stereocenters. The first kappa shape index (κ1) is 22.1. The second-order valence-electron chi connectivity index (χ2n) is 9.88. The van der Waals surface area contributed by atoms with Gasteiger partial charge in [0.15, 0.2) is 0 Å². The summed E-state index contributed by atoms with van der Waals surface area (Å²) in [7, 11) is 1.61. The maximum absolute atomic E-state index is 13.2. The number of fused-ring (bicyclic) bond motifs is 1. The summed E-state index contributed by atoms with van der Waals surface area (Å²) in [5, 5.41) is 9.22. The normalized spacial score (nSPS) is 16.6. The minimum absolute atomic E-state index is 0.0467. The zero-order valence-corrected chi connectivity index (χ0v) is 20.4. The number of halogens is 1. The molecule has 7 heteroatoms. The molecule has 35 heavy (non-hydrogen) atoms. The molecular weight excluding hydrogens is 460 g/mol. The van der Waals surface area contributed by atoms with E-state index >= 15 is 0 Å². The average Bonchev–Trinajstić information content (AvgIpc) is 3.25. The van der Waals surface area contributed by atoms with Crippen LogP contribution in [-0.4, -0.2) is 33.8 Å². The predicted octanol–water partition coefficient (Wildman–Crippen LogP) is 5.87. The third kappa shape index (κ3) is 4.06. The van der Waals surface area contributed by atoms with Crippen LogP contribution in [0.3, 0.4) is 0 Å². The summed E-state index contributed by atoms with van der Waals surface area (Å²) in [4.78, 5) is 17.4. The molecule has 4 aromatic rings. The van der Waals surface area contributed by atoms with Crippen molar-refractivity contribution in [3.63, 3.8) is 0 Å². The maximum atomic E-state index is 13.2. The molecule has 178 valence electrons. The highest BCUT2D eigenvalue weighted by atomic mass is 35.5. The Kier molecular flexibility index (Phi) is 5.49. The summed E-state index contributed by atoms with van der Waals surface area (Å²) >= 11 is 6.47. The van der Waals surface area contributed by atoms with E-state index < -0.39 is 0 Å². The van der Waals surface area contributed by atoms with Crippen LogP contribution in [0, 0.1) is 5.41 Å². The van der Waals surface area contributed by atoms with Crippen LogP contribution in [-0.2, 0) is 6.54 Å². The van der Waals surface area contributed by atoms with Gasteiger partial charge in [0.2, 0.25) is 5.88 Å². The van der Waals surface area contributed by atoms with Gasteiger partial charge in [-0.2, -0.15) is 5.10 Å². The lowest BCUT2D eigenvalue weighted by Gasteiger charge is -2.54. The number of hydrogen-bond acceptors (Lipinski definition) is 4. The number of aromatic nitrogens is 3. The van der Waals surface area contributed by atoms with Gasteiger partial charge in [-0.05, 0) is 66.0 Å². The average molecular weight is 487 g/mol. The fourth-order valence-electron chi connectivity index (χ4n) is 5.58. The van der Waals surface area contributed by atoms with Crippen LogP contribution in [0.5, 0.6) is 5.88 Å². The summed E-state index contributed by atoms with van der Waals surface area (Å²) in [6, 6.07) is 16.0. The number of pyridine rings is 1. The van der Waals surface area contributed by atoms with Gasteiger partial charge in [-0.3, -0.25) is 9.48 Å². The zero-order chi connectivity index (χ0) is 24.0. The van der Waals surface area contributed by atoms with E-state index in [0.29, 0.717) is 28.4 Å². The number of methoxy groups -OCH3 is 1. The molecule has 1 spiro atoms. The molecule has 0 aliphatic heterocycles. The van der Waals surface area contributed by atoms with Gasteiger partial charge in [0.05, 0.1) is 36.0 Å². The molecule has 6 rings (SSSR count). The van der Waals surface area contributed by atoms with Crippen molar-refractivity contribution in [1.29, 1.82) is 0 Å². The van der Waals surface area contributed by atoms with Crippen LogP contribution in [0.25, 0.3) is 22.0 Å². The Morgan fingerprint density at radius 3 is 2.66 bits per heavy atom. The molecule has 0 radical (unpaired) electrons. The van der Waals surface area contributed by atoms with Crippen LogP contribution in [0.2, 0.25) is 5.02 Å². The van der Waals surface area contributed by atoms with Crippen molar-refractivity contribution < 1.29 is 9.53 Å². The zero-order valence-electron chi connectivity index (χ0n) is 19.6. The molecule has 0 unspecified atom stereocenters. The molecule has 2 aromatic heterocycles. The second kappa shape index (κ2) is 8.68. The Morgan fingerprint density at radius 1 is 1.14 bits per heavy atom. The number of nitrogens with zero attached hydrogens (tertiary/aromatic N) is 3. The van der Waals surface area contributed by atoms with Crippen LogP contribution in [0.1, 0.15) is 48.0 Å². The van der Waals surface area contributed by atoms with Crippen LogP contribution >= 0.6 is 11.6 Å². The lowest BCUT2D eigenvalue weighted by molar-refractivity contribution is -0.000604. The van der Waals surface area contributed by atoms with E-state index in [-0.39, 0.29) is 11.9 Å². The highest BCUT2D eigenvalue weighted by Gasteiger charge is 2.48. The van der Waals surface area contributed by atoms with E-state index in [2.05, 4.69) is 39.7 Å². The summed E-state index contributed by atoms with van der Waals surface area (Å²) in [5.74, 6) is 0.539. The van der Waals surface area contributed by atoms with Crippen molar-refractivity contribution in [2.75, 3.05) is 7.11 Å². The number of amides is 1. The van der Waals surface area contributed by atoms with E-state index in [1.807, 2.05) is 22.9 Å². The number of hydrogen-bond donors (Lipinski definition) is 1. The molecule has 6 nitrogen and oxygen atoms in total. The molecular formula is C28H27ClN4O2. The largest absolute Gasteiger partial charge is 0.481 e. The van der Waals surface area contributed by atoms with Crippen molar-refractivity contribution in [2.24, 2.45) is 5.41 Å². The molecule has 0 saturated heterocycles. The Morgan fingerprint density at radius 2 is 1.94 bits per heavy atom. The Hall–Kier alpha value is -3.38. The fraction of sp³-hybridized carbons (Fsp3) is 0.321. The quantitative estimate of drug-likeness (QED) is 0.370. The summed E-state index contributed by atoms with van der Waals surface area (Å²) in [6.45, 7) is 0.538. The summed E-state index contributed by atoms with van der Waals surface area (Å²) in [5.41, 5.74) is 5.11. The number of carbonyl (C=O) groups excluding carboxylic acids is 1. The van der Waals surface area contributed by atoms with Crippen molar-refractivity contribution in [2.45, 2.75) is 44.7 Å². The summed E-state index contributed by atoms with van der Waals surface area (Å²) in [6.07, 6.45) is 9.64. The number of benzene rings is 2. The SMILES string of the molecule is COc1cc(-c2ccc(Cn3ncc4c(Cl)ccc(C(=O)NC5CC6(CCC6)C5)c43)cc2)ccn1. The van der Waals surface area contributed by atoms with Crippen LogP contribution in [0.4, 0.5) is 0 Å². The second-order valence-corrected chi connectivity index (χ2v) is 10.3. The van der Waals surface area contributed by atoms with Crippen molar-refractivity contribution in [3.8, 4) is 17.0 Å². The van der Waals surface area contributed by atoms with Gasteiger partial charge < -0.3 is 10.1 Å². The first-order valence-electron chi connectivity index (χ1n) is 12.1. The number of rotatable bonds is 6. The highest BCUT2D eigenvalue weighted by molar-refractivity contribution is 6.36. The molecule has 2 fully saturated rings. The van der Waals surface area contributed by atoms with Gasteiger partial charge in [0.1, 0.15) is 0 Å². The standard InChI is InChI=1S/C28H27ClN4O2/c1-35-25-13-20(9-12-30-25)19-5-3-18(4-6-19)17-33-26-22(7-8-24(29)23(26)16-31-33)27(34)32-21-14-28(15-21)10-2-11-28/h3-9,12-13,16,21H,2,10-11,14-15,17H2,1H3,(H,32,34). The fourth-order valence-corrected chi connectivity index (χ4v) is 5.79. The lowest BCUT2D eigenvalue weighted by Crippen LogP contribution is -2.53. The number of nitrogens with one attached hydrogen (secondary N) is 1. The van der Waals surface area contributed by atoms with Crippen molar-refractivity contribution in [3.05, 3.63) is 77.1 Å². The van der Waals surface area contributed by atoms with Gasteiger partial charge in [-0.15, -0.1) is 0 Å². The highest BCUT2D eigenvalue weighted by Crippen LogP contribution is 2.55. The number of carbonyl (C=O) groups is 1. The van der Waals surface area contributed by atoms with Crippen molar-refractivity contribution in [1.82, 2.24) is 20.1 Å². The molecule has 1 N–H and O–H groups in total. The van der Waals surface area contributed by atoms with E-state index in [4.69, 9.17) is 16.3 Å². The monoisotopic (exact) mass is 486 g/mol. The van der Waals surface area contributed by atoms with Crippen LogP contribution < -0.4 is 10.1 Å². The van der Waals surface area contributed by atoms with Gasteiger partial charge >= 0.3 is 0 Å². The third-order valence-corrected chi connectivity index (χ3v) is 7.99. The third-order valence-electron chi connectivity index (χ3n) is 7.66. The van der Waals surface area contributed by atoms with E-state index in [1.165, 1.54) is 19.3 Å². The molecule has 2 saturated carbocycles. The molecule has 2 aromatic carbocycles. The molecule has 0 bridgehead atoms. The molecule has 2 aliphatic rings. The van der Waals surface area contributed by atoms with Gasteiger partial charge in [-0.1, -0.05) is 42.3 Å². The van der Waals surface area contributed by atoms with Crippen molar-refractivity contribution >= 4 is 28.4 Å². The van der Waals surface area contributed by atoms with E-state index in [0.717, 1.165) is 40.4 Å². The minimum Gasteiger partial charge on any atom is -0.481 e. The van der Waals surface area contributed by atoms with Gasteiger partial charge in [-0.25, -0.2) is 4.98 Å². The molecule has 2 heterocycles. The predicted molar refractivity (Wildman–Crippen MR) is 137 cm³/mol. The minimum atomic E-state index is -0.0467. The maximum Gasteiger partial charge on any atom is 0.253 e. The van der Waals surface area contributed by atoms with Crippen LogP contribution in [0.15, 0.2) is 60.9 Å². The molecule has 1 amide bonds. The Labute approximate surface area is 209 Å². The van der Waals surface area contributed by atoms with Gasteiger partial charge in [0, 0.05) is 23.7 Å². The first-order valence-corrected chi connectivity index (χ1v) is 12.5. The smallest absolute Gasteiger partial charge is 0.253 e. The topological polar surface area (TPSA) is 69.0 Å². The van der Waals surface area contributed by atoms with E-state index in [9.17, 15) is 4.79 Å².